The van der Waals surface area contributed by atoms with Gasteiger partial charge >= 0.3 is 0 Å². The van der Waals surface area contributed by atoms with Crippen LogP contribution in [0, 0.1) is 0 Å². The molecular formula is C19H25N3O3. The standard InChI is InChI=1S/C19H25N3O3/c23-19-18-8-2-1-5-15(18)11-20-22(19)14-21(12-16-6-3-9-24-16)13-17-7-4-10-25-17/h1-2,5,8,11,16-17H,3-4,6-7,9-10,12-14H2/t16-,17-/m1/s1. The predicted molar refractivity (Wildman–Crippen MR) is 95.5 cm³/mol. The van der Waals surface area contributed by atoms with Gasteiger partial charge in [-0.3, -0.25) is 9.69 Å². The highest BCUT2D eigenvalue weighted by atomic mass is 16.5. The van der Waals surface area contributed by atoms with Crippen molar-refractivity contribution in [2.75, 3.05) is 26.3 Å². The van der Waals surface area contributed by atoms with E-state index in [1.165, 1.54) is 0 Å². The normalized spacial score (nSPS) is 23.7. The Labute approximate surface area is 147 Å². The first-order valence-electron chi connectivity index (χ1n) is 9.20. The first-order valence-corrected chi connectivity index (χ1v) is 9.20. The highest BCUT2D eigenvalue weighted by molar-refractivity contribution is 5.80. The molecule has 6 heteroatoms. The lowest BCUT2D eigenvalue weighted by molar-refractivity contribution is 0.0231. The third-order valence-electron chi connectivity index (χ3n) is 5.07. The van der Waals surface area contributed by atoms with Crippen LogP contribution in [0.5, 0.6) is 0 Å². The van der Waals surface area contributed by atoms with Crippen LogP contribution in [0.4, 0.5) is 0 Å². The maximum absolute atomic E-state index is 12.7. The molecule has 2 saturated heterocycles. The Balaban J connectivity index is 1.54. The molecule has 0 N–H and O–H groups in total. The number of rotatable bonds is 6. The van der Waals surface area contributed by atoms with E-state index in [2.05, 4.69) is 10.00 Å². The molecule has 1 aromatic carbocycles. The third kappa shape index (κ3) is 3.92. The second kappa shape index (κ2) is 7.64. The average Bonchev–Trinajstić information content (AvgIpc) is 3.32. The predicted octanol–water partition coefficient (Wildman–Crippen LogP) is 2.01. The van der Waals surface area contributed by atoms with E-state index in [1.54, 1.807) is 10.9 Å². The van der Waals surface area contributed by atoms with Gasteiger partial charge < -0.3 is 9.47 Å². The van der Waals surface area contributed by atoms with Gasteiger partial charge in [0.25, 0.3) is 5.56 Å². The Morgan fingerprint density at radius 3 is 2.40 bits per heavy atom. The van der Waals surface area contributed by atoms with E-state index in [-0.39, 0.29) is 17.8 Å². The van der Waals surface area contributed by atoms with Gasteiger partial charge in [-0.2, -0.15) is 5.10 Å². The molecule has 0 bridgehead atoms. The SMILES string of the molecule is O=c1c2ccccc2cnn1CN(C[C@H]1CCCO1)C[C@H]1CCCO1. The van der Waals surface area contributed by atoms with Gasteiger partial charge in [0.1, 0.15) is 0 Å². The van der Waals surface area contributed by atoms with Crippen molar-refractivity contribution in [1.29, 1.82) is 0 Å². The van der Waals surface area contributed by atoms with Crippen LogP contribution in [0.15, 0.2) is 35.3 Å². The zero-order valence-corrected chi connectivity index (χ0v) is 14.5. The van der Waals surface area contributed by atoms with Gasteiger partial charge in [-0.25, -0.2) is 4.68 Å². The quantitative estimate of drug-likeness (QED) is 0.803. The van der Waals surface area contributed by atoms with E-state index >= 15 is 0 Å². The van der Waals surface area contributed by atoms with E-state index in [0.29, 0.717) is 12.1 Å². The number of ether oxygens (including phenoxy) is 2. The molecule has 3 heterocycles. The highest BCUT2D eigenvalue weighted by Gasteiger charge is 2.24. The van der Waals surface area contributed by atoms with Gasteiger partial charge in [-0.1, -0.05) is 18.2 Å². The minimum absolute atomic E-state index is 0.0391. The molecule has 0 radical (unpaired) electrons. The van der Waals surface area contributed by atoms with Crippen LogP contribution in [0.25, 0.3) is 10.8 Å². The molecule has 6 nitrogen and oxygen atoms in total. The number of benzene rings is 1. The fourth-order valence-electron chi connectivity index (χ4n) is 3.76. The lowest BCUT2D eigenvalue weighted by Gasteiger charge is -2.27. The second-order valence-electron chi connectivity index (χ2n) is 6.98. The van der Waals surface area contributed by atoms with Crippen molar-refractivity contribution < 1.29 is 9.47 Å². The third-order valence-corrected chi connectivity index (χ3v) is 5.07. The van der Waals surface area contributed by atoms with Gasteiger partial charge in [0.05, 0.1) is 30.5 Å². The zero-order chi connectivity index (χ0) is 17.1. The van der Waals surface area contributed by atoms with Gasteiger partial charge in [0.2, 0.25) is 0 Å². The molecule has 25 heavy (non-hydrogen) atoms. The summed E-state index contributed by atoms with van der Waals surface area (Å²) in [6.45, 7) is 3.80. The number of fused-ring (bicyclic) bond motifs is 1. The smallest absolute Gasteiger partial charge is 0.275 e. The number of hydrogen-bond acceptors (Lipinski definition) is 5. The van der Waals surface area contributed by atoms with Crippen molar-refractivity contribution >= 4 is 10.8 Å². The van der Waals surface area contributed by atoms with Crippen molar-refractivity contribution in [1.82, 2.24) is 14.7 Å². The number of nitrogens with zero attached hydrogens (tertiary/aromatic N) is 3. The van der Waals surface area contributed by atoms with Crippen molar-refractivity contribution in [3.63, 3.8) is 0 Å². The molecule has 2 fully saturated rings. The maximum atomic E-state index is 12.7. The van der Waals surface area contributed by atoms with Crippen molar-refractivity contribution in [3.05, 3.63) is 40.8 Å². The van der Waals surface area contributed by atoms with E-state index in [0.717, 1.165) is 57.4 Å². The first kappa shape index (κ1) is 16.7. The largest absolute Gasteiger partial charge is 0.377 e. The molecule has 2 atom stereocenters. The van der Waals surface area contributed by atoms with Crippen LogP contribution in [0.3, 0.4) is 0 Å². The van der Waals surface area contributed by atoms with Crippen molar-refractivity contribution in [2.24, 2.45) is 0 Å². The van der Waals surface area contributed by atoms with E-state index in [4.69, 9.17) is 9.47 Å². The monoisotopic (exact) mass is 343 g/mol. The minimum atomic E-state index is -0.0391. The number of aromatic nitrogens is 2. The molecule has 134 valence electrons. The molecule has 1 aromatic heterocycles. The molecule has 0 unspecified atom stereocenters. The summed E-state index contributed by atoms with van der Waals surface area (Å²) in [7, 11) is 0. The molecule has 2 aliphatic heterocycles. The van der Waals surface area contributed by atoms with Crippen LogP contribution in [0.1, 0.15) is 25.7 Å². The summed E-state index contributed by atoms with van der Waals surface area (Å²) >= 11 is 0. The van der Waals surface area contributed by atoms with Gasteiger partial charge in [0, 0.05) is 31.7 Å². The molecule has 0 amide bonds. The van der Waals surface area contributed by atoms with E-state index < -0.39 is 0 Å². The van der Waals surface area contributed by atoms with Crippen LogP contribution in [-0.4, -0.2) is 53.2 Å². The molecule has 4 rings (SSSR count). The number of hydrogen-bond donors (Lipinski definition) is 0. The molecule has 0 spiro atoms. The minimum Gasteiger partial charge on any atom is -0.377 e. The Kier molecular flexibility index (Phi) is 5.10. The Morgan fingerprint density at radius 1 is 1.08 bits per heavy atom. The van der Waals surface area contributed by atoms with E-state index in [1.807, 2.05) is 24.3 Å². The van der Waals surface area contributed by atoms with Gasteiger partial charge in [0.15, 0.2) is 0 Å². The lowest BCUT2D eigenvalue weighted by Crippen LogP contribution is -2.41. The van der Waals surface area contributed by atoms with Crippen LogP contribution in [0.2, 0.25) is 0 Å². The molecule has 0 aliphatic carbocycles. The molecular weight excluding hydrogens is 318 g/mol. The fourth-order valence-corrected chi connectivity index (χ4v) is 3.76. The first-order chi connectivity index (χ1) is 12.3. The summed E-state index contributed by atoms with van der Waals surface area (Å²) < 4.78 is 13.2. The van der Waals surface area contributed by atoms with Crippen LogP contribution in [-0.2, 0) is 16.1 Å². The summed E-state index contributed by atoms with van der Waals surface area (Å²) in [5, 5.41) is 5.97. The topological polar surface area (TPSA) is 56.6 Å². The summed E-state index contributed by atoms with van der Waals surface area (Å²) in [5.41, 5.74) is -0.0391. The maximum Gasteiger partial charge on any atom is 0.275 e. The van der Waals surface area contributed by atoms with Gasteiger partial charge in [-0.15, -0.1) is 0 Å². The van der Waals surface area contributed by atoms with Crippen LogP contribution < -0.4 is 5.56 Å². The van der Waals surface area contributed by atoms with Gasteiger partial charge in [-0.05, 0) is 31.7 Å². The average molecular weight is 343 g/mol. The summed E-state index contributed by atoms with van der Waals surface area (Å²) in [5.74, 6) is 0. The van der Waals surface area contributed by atoms with Crippen molar-refractivity contribution in [2.45, 2.75) is 44.6 Å². The second-order valence-corrected chi connectivity index (χ2v) is 6.98. The fraction of sp³-hybridized carbons (Fsp3) is 0.579. The zero-order valence-electron chi connectivity index (χ0n) is 14.5. The van der Waals surface area contributed by atoms with E-state index in [9.17, 15) is 4.79 Å². The van der Waals surface area contributed by atoms with Crippen LogP contribution >= 0.6 is 0 Å². The Morgan fingerprint density at radius 2 is 1.76 bits per heavy atom. The summed E-state index contributed by atoms with van der Waals surface area (Å²) in [6, 6.07) is 7.60. The lowest BCUT2D eigenvalue weighted by atomic mass is 10.2. The Hall–Kier alpha value is -1.76. The highest BCUT2D eigenvalue weighted by Crippen LogP contribution is 2.17. The van der Waals surface area contributed by atoms with Crippen molar-refractivity contribution in [3.8, 4) is 0 Å². The Bertz CT molecular complexity index is 746. The molecule has 2 aromatic rings. The molecule has 2 aliphatic rings. The summed E-state index contributed by atoms with van der Waals surface area (Å²) in [4.78, 5) is 15.0. The summed E-state index contributed by atoms with van der Waals surface area (Å²) in [6.07, 6.45) is 6.67. The molecule has 0 saturated carbocycles.